The molecule has 168 valence electrons. The Morgan fingerprint density at radius 1 is 0.788 bits per heavy atom. The maximum absolute atomic E-state index is 12.9. The molecular weight excluding hydrogens is 442 g/mol. The van der Waals surface area contributed by atoms with Crippen molar-refractivity contribution in [2.24, 2.45) is 0 Å². The van der Waals surface area contributed by atoms with Gasteiger partial charge in [0.1, 0.15) is 6.10 Å². The molecule has 0 aliphatic carbocycles. The summed E-state index contributed by atoms with van der Waals surface area (Å²) in [7, 11) is 0. The molecule has 8 heteroatoms. The van der Waals surface area contributed by atoms with Crippen LogP contribution in [0.15, 0.2) is 72.8 Å². The standard InChI is InChI=1S/C25H22ClN3O4/c26-18-12-10-16(11-13-18)23(30)28-20-7-1-2-8-21(20)29-24(31)17-5-3-6-19(15-17)27-25(32)22-9-4-14-33-22/h1-3,5-8,10-13,15,22H,4,9,14H2,(H,27,32)(H,28,30)(H,29,31). The van der Waals surface area contributed by atoms with Crippen LogP contribution in [0.5, 0.6) is 0 Å². The molecule has 33 heavy (non-hydrogen) atoms. The highest BCUT2D eigenvalue weighted by molar-refractivity contribution is 6.30. The van der Waals surface area contributed by atoms with Crippen LogP contribution in [0.1, 0.15) is 33.6 Å². The lowest BCUT2D eigenvalue weighted by Crippen LogP contribution is -2.27. The maximum Gasteiger partial charge on any atom is 0.255 e. The fraction of sp³-hybridized carbons (Fsp3) is 0.160. The van der Waals surface area contributed by atoms with E-state index in [0.717, 1.165) is 6.42 Å². The van der Waals surface area contributed by atoms with Crippen molar-refractivity contribution < 1.29 is 19.1 Å². The van der Waals surface area contributed by atoms with Crippen LogP contribution in [0.2, 0.25) is 5.02 Å². The molecule has 3 amide bonds. The fourth-order valence-corrected chi connectivity index (χ4v) is 3.56. The third-order valence-electron chi connectivity index (χ3n) is 5.14. The number of amides is 3. The smallest absolute Gasteiger partial charge is 0.255 e. The minimum atomic E-state index is -0.460. The SMILES string of the molecule is O=C(Nc1ccccc1NC(=O)c1cccc(NC(=O)C2CCCO2)c1)c1ccc(Cl)cc1. The lowest BCUT2D eigenvalue weighted by Gasteiger charge is -2.14. The second-order valence-corrected chi connectivity index (χ2v) is 7.97. The number of ether oxygens (including phenoxy) is 1. The summed E-state index contributed by atoms with van der Waals surface area (Å²) < 4.78 is 5.39. The quantitative estimate of drug-likeness (QED) is 0.481. The van der Waals surface area contributed by atoms with Crippen LogP contribution in [0, 0.1) is 0 Å². The van der Waals surface area contributed by atoms with Crippen molar-refractivity contribution in [3.63, 3.8) is 0 Å². The molecule has 0 spiro atoms. The van der Waals surface area contributed by atoms with Crippen LogP contribution in [-0.2, 0) is 9.53 Å². The van der Waals surface area contributed by atoms with Crippen LogP contribution in [0.3, 0.4) is 0 Å². The van der Waals surface area contributed by atoms with Crippen molar-refractivity contribution in [2.45, 2.75) is 18.9 Å². The van der Waals surface area contributed by atoms with E-state index in [1.165, 1.54) is 0 Å². The van der Waals surface area contributed by atoms with Gasteiger partial charge in [0.25, 0.3) is 17.7 Å². The molecule has 1 saturated heterocycles. The van der Waals surface area contributed by atoms with Crippen molar-refractivity contribution in [3.05, 3.63) is 88.9 Å². The van der Waals surface area contributed by atoms with Gasteiger partial charge in [-0.05, 0) is 67.4 Å². The van der Waals surface area contributed by atoms with Crippen LogP contribution in [0.4, 0.5) is 17.1 Å². The Morgan fingerprint density at radius 3 is 2.09 bits per heavy atom. The summed E-state index contributed by atoms with van der Waals surface area (Å²) in [6.07, 6.45) is 1.08. The van der Waals surface area contributed by atoms with Gasteiger partial charge < -0.3 is 20.7 Å². The molecule has 1 aliphatic heterocycles. The van der Waals surface area contributed by atoms with E-state index in [1.54, 1.807) is 72.8 Å². The third kappa shape index (κ3) is 5.77. The largest absolute Gasteiger partial charge is 0.368 e. The van der Waals surface area contributed by atoms with Crippen LogP contribution in [-0.4, -0.2) is 30.4 Å². The zero-order valence-corrected chi connectivity index (χ0v) is 18.4. The first kappa shape index (κ1) is 22.5. The predicted molar refractivity (Wildman–Crippen MR) is 128 cm³/mol. The Balaban J connectivity index is 1.45. The van der Waals surface area contributed by atoms with Crippen LogP contribution < -0.4 is 16.0 Å². The Hall–Kier alpha value is -3.68. The molecule has 1 atom stereocenters. The van der Waals surface area contributed by atoms with Crippen molar-refractivity contribution in [3.8, 4) is 0 Å². The molecule has 1 unspecified atom stereocenters. The number of nitrogens with one attached hydrogen (secondary N) is 3. The van der Waals surface area contributed by atoms with Gasteiger partial charge in [-0.1, -0.05) is 29.8 Å². The summed E-state index contributed by atoms with van der Waals surface area (Å²) in [6.45, 7) is 0.578. The number of hydrogen-bond acceptors (Lipinski definition) is 4. The summed E-state index contributed by atoms with van der Waals surface area (Å²) >= 11 is 5.88. The van der Waals surface area contributed by atoms with E-state index in [0.29, 0.717) is 46.2 Å². The van der Waals surface area contributed by atoms with Gasteiger partial charge in [0, 0.05) is 28.4 Å². The maximum atomic E-state index is 12.9. The summed E-state index contributed by atoms with van der Waals surface area (Å²) in [5, 5.41) is 8.95. The molecule has 0 saturated carbocycles. The number of rotatable bonds is 6. The molecule has 0 aromatic heterocycles. The lowest BCUT2D eigenvalue weighted by atomic mass is 10.1. The molecule has 4 rings (SSSR count). The van der Waals surface area contributed by atoms with E-state index in [9.17, 15) is 14.4 Å². The topological polar surface area (TPSA) is 96.5 Å². The van der Waals surface area contributed by atoms with E-state index < -0.39 is 6.10 Å². The minimum Gasteiger partial charge on any atom is -0.368 e. The first-order chi connectivity index (χ1) is 16.0. The average molecular weight is 464 g/mol. The monoisotopic (exact) mass is 463 g/mol. The van der Waals surface area contributed by atoms with E-state index in [2.05, 4.69) is 16.0 Å². The second-order valence-electron chi connectivity index (χ2n) is 7.53. The van der Waals surface area contributed by atoms with Gasteiger partial charge in [-0.3, -0.25) is 14.4 Å². The van der Waals surface area contributed by atoms with Gasteiger partial charge in [0.15, 0.2) is 0 Å². The summed E-state index contributed by atoms with van der Waals surface area (Å²) in [4.78, 5) is 37.7. The summed E-state index contributed by atoms with van der Waals surface area (Å²) in [6, 6.07) is 20.1. The van der Waals surface area contributed by atoms with Crippen molar-refractivity contribution in [2.75, 3.05) is 22.6 Å². The second kappa shape index (κ2) is 10.3. The Morgan fingerprint density at radius 2 is 1.45 bits per heavy atom. The first-order valence-electron chi connectivity index (χ1n) is 10.5. The van der Waals surface area contributed by atoms with Gasteiger partial charge in [0.05, 0.1) is 11.4 Å². The highest BCUT2D eigenvalue weighted by atomic mass is 35.5. The van der Waals surface area contributed by atoms with E-state index >= 15 is 0 Å². The van der Waals surface area contributed by atoms with Crippen molar-refractivity contribution in [1.82, 2.24) is 0 Å². The van der Waals surface area contributed by atoms with Gasteiger partial charge in [-0.2, -0.15) is 0 Å². The Labute approximate surface area is 196 Å². The van der Waals surface area contributed by atoms with Gasteiger partial charge in [-0.15, -0.1) is 0 Å². The molecule has 3 aromatic rings. The van der Waals surface area contributed by atoms with E-state index in [-0.39, 0.29) is 17.7 Å². The van der Waals surface area contributed by atoms with E-state index in [4.69, 9.17) is 16.3 Å². The number of para-hydroxylation sites is 2. The number of halogens is 1. The molecule has 1 heterocycles. The number of hydrogen-bond donors (Lipinski definition) is 3. The molecule has 3 N–H and O–H groups in total. The molecular formula is C25H22ClN3O4. The number of anilines is 3. The Bertz CT molecular complexity index is 1170. The number of benzene rings is 3. The molecule has 7 nitrogen and oxygen atoms in total. The molecule has 0 radical (unpaired) electrons. The first-order valence-corrected chi connectivity index (χ1v) is 10.9. The van der Waals surface area contributed by atoms with Crippen LogP contribution >= 0.6 is 11.6 Å². The number of carbonyl (C=O) groups excluding carboxylic acids is 3. The minimum absolute atomic E-state index is 0.222. The molecule has 1 aliphatic rings. The summed E-state index contributed by atoms with van der Waals surface area (Å²) in [5.74, 6) is -0.927. The van der Waals surface area contributed by atoms with Crippen LogP contribution in [0.25, 0.3) is 0 Å². The van der Waals surface area contributed by atoms with Crippen molar-refractivity contribution in [1.29, 1.82) is 0 Å². The van der Waals surface area contributed by atoms with Crippen molar-refractivity contribution >= 4 is 46.4 Å². The van der Waals surface area contributed by atoms with E-state index in [1.807, 2.05) is 0 Å². The zero-order chi connectivity index (χ0) is 23.2. The predicted octanol–water partition coefficient (Wildman–Crippen LogP) is 4.96. The lowest BCUT2D eigenvalue weighted by molar-refractivity contribution is -0.124. The number of carbonyl (C=O) groups is 3. The van der Waals surface area contributed by atoms with Gasteiger partial charge >= 0.3 is 0 Å². The molecule has 1 fully saturated rings. The Kier molecular flexibility index (Phi) is 7.02. The highest BCUT2D eigenvalue weighted by Crippen LogP contribution is 2.24. The fourth-order valence-electron chi connectivity index (χ4n) is 3.44. The molecule has 0 bridgehead atoms. The average Bonchev–Trinajstić information content (AvgIpc) is 3.36. The zero-order valence-electron chi connectivity index (χ0n) is 17.6. The van der Waals surface area contributed by atoms with Gasteiger partial charge in [-0.25, -0.2) is 0 Å². The normalized spacial score (nSPS) is 15.0. The molecule has 3 aromatic carbocycles. The highest BCUT2D eigenvalue weighted by Gasteiger charge is 2.23. The summed E-state index contributed by atoms with van der Waals surface area (Å²) in [5.41, 5.74) is 2.20. The third-order valence-corrected chi connectivity index (χ3v) is 5.40. The van der Waals surface area contributed by atoms with Gasteiger partial charge in [0.2, 0.25) is 0 Å².